The van der Waals surface area contributed by atoms with Crippen LogP contribution in [0, 0.1) is 17.8 Å². The van der Waals surface area contributed by atoms with Crippen LogP contribution in [-0.4, -0.2) is 48.3 Å². The Hall–Kier alpha value is -4.45. The summed E-state index contributed by atoms with van der Waals surface area (Å²) in [6.07, 6.45) is 8.96. The Morgan fingerprint density at radius 3 is 2.18 bits per heavy atom. The van der Waals surface area contributed by atoms with Crippen LogP contribution in [0.3, 0.4) is 0 Å². The Kier molecular flexibility index (Phi) is 7.03. The highest BCUT2D eigenvalue weighted by Gasteiger charge is 2.54. The fraction of sp³-hybridized carbons (Fsp3) is 0.375. The van der Waals surface area contributed by atoms with E-state index in [4.69, 9.17) is 14.6 Å². The lowest BCUT2D eigenvalue weighted by Gasteiger charge is -2.56. The first-order chi connectivity index (χ1) is 21.2. The Labute approximate surface area is 256 Å². The Bertz CT molecular complexity index is 1750. The van der Waals surface area contributed by atoms with E-state index in [0.29, 0.717) is 29.0 Å². The number of ether oxygens (including phenoxy) is 2. The highest BCUT2D eigenvalue weighted by atomic mass is 32.2. The summed E-state index contributed by atoms with van der Waals surface area (Å²) in [5, 5.41) is 8.08. The molecule has 4 aliphatic carbocycles. The van der Waals surface area contributed by atoms with Crippen LogP contribution in [-0.2, 0) is 15.4 Å². The average Bonchev–Trinajstić information content (AvgIpc) is 3.48. The first kappa shape index (κ1) is 28.3. The molecule has 2 heterocycles. The van der Waals surface area contributed by atoms with Crippen LogP contribution in [0.4, 0.5) is 11.5 Å². The number of nitrogens with zero attached hydrogens (tertiary/aromatic N) is 4. The highest BCUT2D eigenvalue weighted by Crippen LogP contribution is 2.61. The standard InChI is InChI=1S/C32H34N6O5S/c1-42-28-15-27(34-31(35-28)43-2)37-44(40,41)25-10-8-23(9-11-25)33-30(39)26-19-38(24-6-4-3-5-7-24)36-29(26)32-16-20-12-21(17-32)14-22(13-20)18-32/h3-11,15,19-22H,12-14,16-18H2,1-2H3,(H,33,39)(H,34,35,37). The van der Waals surface area contributed by atoms with Gasteiger partial charge in [-0.2, -0.15) is 15.1 Å². The van der Waals surface area contributed by atoms with Crippen molar-refractivity contribution in [2.75, 3.05) is 24.3 Å². The van der Waals surface area contributed by atoms with Crippen molar-refractivity contribution in [3.8, 4) is 17.6 Å². The average molecular weight is 615 g/mol. The minimum Gasteiger partial charge on any atom is -0.481 e. The molecule has 0 radical (unpaired) electrons. The maximum absolute atomic E-state index is 13.9. The summed E-state index contributed by atoms with van der Waals surface area (Å²) in [6.45, 7) is 0. The van der Waals surface area contributed by atoms with Crippen molar-refractivity contribution in [1.82, 2.24) is 19.7 Å². The number of hydrogen-bond donors (Lipinski definition) is 2. The molecule has 0 spiro atoms. The summed E-state index contributed by atoms with van der Waals surface area (Å²) in [7, 11) is -1.22. The van der Waals surface area contributed by atoms with Gasteiger partial charge in [0.2, 0.25) is 5.88 Å². The van der Waals surface area contributed by atoms with Crippen LogP contribution in [0.15, 0.2) is 71.8 Å². The number of methoxy groups -OCH3 is 2. The van der Waals surface area contributed by atoms with Gasteiger partial charge in [-0.1, -0.05) is 18.2 Å². The van der Waals surface area contributed by atoms with Gasteiger partial charge in [0, 0.05) is 23.4 Å². The van der Waals surface area contributed by atoms with Crippen LogP contribution in [0.2, 0.25) is 0 Å². The molecule has 2 aromatic carbocycles. The van der Waals surface area contributed by atoms with Crippen molar-refractivity contribution < 1.29 is 22.7 Å². The van der Waals surface area contributed by atoms with E-state index in [-0.39, 0.29) is 33.9 Å². The van der Waals surface area contributed by atoms with Crippen molar-refractivity contribution in [2.24, 2.45) is 17.8 Å². The minimum atomic E-state index is -4.00. The zero-order valence-corrected chi connectivity index (χ0v) is 25.4. The van der Waals surface area contributed by atoms with Crippen LogP contribution < -0.4 is 19.5 Å². The molecule has 0 saturated heterocycles. The molecule has 4 aliphatic rings. The molecule has 0 atom stereocenters. The quantitative estimate of drug-likeness (QED) is 0.263. The number of rotatable bonds is 9. The van der Waals surface area contributed by atoms with Gasteiger partial charge in [-0.15, -0.1) is 0 Å². The van der Waals surface area contributed by atoms with Crippen LogP contribution in [0.25, 0.3) is 5.69 Å². The van der Waals surface area contributed by atoms with E-state index in [1.54, 1.807) is 12.1 Å². The number of carbonyl (C=O) groups excluding carboxylic acids is 1. The molecule has 4 saturated carbocycles. The van der Waals surface area contributed by atoms with Crippen LogP contribution >= 0.6 is 0 Å². The molecule has 12 heteroatoms. The van der Waals surface area contributed by atoms with Crippen molar-refractivity contribution in [3.63, 3.8) is 0 Å². The maximum atomic E-state index is 13.9. The number of sulfonamides is 1. The summed E-state index contributed by atoms with van der Waals surface area (Å²) in [5.41, 5.74) is 2.75. The minimum absolute atomic E-state index is 0.00119. The van der Waals surface area contributed by atoms with Gasteiger partial charge in [0.15, 0.2) is 5.82 Å². The molecule has 11 nitrogen and oxygen atoms in total. The van der Waals surface area contributed by atoms with Crippen LogP contribution in [0.1, 0.15) is 54.6 Å². The Morgan fingerprint density at radius 2 is 1.57 bits per heavy atom. The summed E-state index contributed by atoms with van der Waals surface area (Å²) in [6, 6.07) is 17.2. The monoisotopic (exact) mass is 614 g/mol. The number of anilines is 2. The topological polar surface area (TPSA) is 137 Å². The SMILES string of the molecule is COc1cc(NS(=O)(=O)c2ccc(NC(=O)c3cn(-c4ccccc4)nc3C34CC5CC(CC(C5)C3)C4)cc2)nc(OC)n1. The van der Waals surface area contributed by atoms with Gasteiger partial charge in [-0.3, -0.25) is 9.52 Å². The molecule has 4 aromatic rings. The highest BCUT2D eigenvalue weighted by molar-refractivity contribution is 7.92. The van der Waals surface area contributed by atoms with E-state index in [9.17, 15) is 13.2 Å². The van der Waals surface area contributed by atoms with E-state index in [0.717, 1.165) is 30.6 Å². The molecule has 2 N–H and O–H groups in total. The first-order valence-electron chi connectivity index (χ1n) is 14.8. The number of para-hydroxylation sites is 1. The van der Waals surface area contributed by atoms with E-state index in [2.05, 4.69) is 20.0 Å². The molecule has 44 heavy (non-hydrogen) atoms. The van der Waals surface area contributed by atoms with Crippen molar-refractivity contribution in [2.45, 2.75) is 48.8 Å². The summed E-state index contributed by atoms with van der Waals surface area (Å²) in [5.74, 6) is 1.99. The summed E-state index contributed by atoms with van der Waals surface area (Å²) >= 11 is 0. The van der Waals surface area contributed by atoms with Crippen molar-refractivity contribution in [1.29, 1.82) is 0 Å². The normalized spacial score (nSPS) is 23.7. The number of nitrogens with one attached hydrogen (secondary N) is 2. The van der Waals surface area contributed by atoms with E-state index in [1.807, 2.05) is 41.2 Å². The molecule has 1 amide bonds. The Morgan fingerprint density at radius 1 is 0.909 bits per heavy atom. The fourth-order valence-electron chi connectivity index (χ4n) is 7.81. The molecule has 0 unspecified atom stereocenters. The summed E-state index contributed by atoms with van der Waals surface area (Å²) in [4.78, 5) is 21.9. The lowest BCUT2D eigenvalue weighted by atomic mass is 9.48. The second kappa shape index (κ2) is 10.9. The lowest BCUT2D eigenvalue weighted by Crippen LogP contribution is -2.49. The molecule has 2 aromatic heterocycles. The molecule has 8 rings (SSSR count). The van der Waals surface area contributed by atoms with Gasteiger partial charge in [-0.25, -0.2) is 13.1 Å². The summed E-state index contributed by atoms with van der Waals surface area (Å²) < 4.78 is 40.6. The predicted octanol–water partition coefficient (Wildman–Crippen LogP) is 5.20. The second-order valence-corrected chi connectivity index (χ2v) is 13.9. The number of aromatic nitrogens is 4. The second-order valence-electron chi connectivity index (χ2n) is 12.2. The van der Waals surface area contributed by atoms with Gasteiger partial charge >= 0.3 is 6.01 Å². The van der Waals surface area contributed by atoms with Crippen molar-refractivity contribution in [3.05, 3.63) is 78.1 Å². The number of amides is 1. The van der Waals surface area contributed by atoms with Gasteiger partial charge in [-0.05, 0) is 92.7 Å². The third kappa shape index (κ3) is 5.27. The smallest absolute Gasteiger partial charge is 0.321 e. The Balaban J connectivity index is 1.15. The molecule has 0 aliphatic heterocycles. The fourth-order valence-corrected chi connectivity index (χ4v) is 8.80. The molecule has 4 bridgehead atoms. The van der Waals surface area contributed by atoms with Gasteiger partial charge in [0.05, 0.1) is 36.1 Å². The number of benzene rings is 2. The van der Waals surface area contributed by atoms with Gasteiger partial charge in [0.1, 0.15) is 0 Å². The van der Waals surface area contributed by atoms with E-state index < -0.39 is 10.0 Å². The maximum Gasteiger partial charge on any atom is 0.321 e. The van der Waals surface area contributed by atoms with Crippen LogP contribution in [0.5, 0.6) is 11.9 Å². The predicted molar refractivity (Wildman–Crippen MR) is 164 cm³/mol. The third-order valence-electron chi connectivity index (χ3n) is 9.26. The zero-order valence-electron chi connectivity index (χ0n) is 24.6. The largest absolute Gasteiger partial charge is 0.481 e. The van der Waals surface area contributed by atoms with Crippen molar-refractivity contribution >= 4 is 27.4 Å². The molecular weight excluding hydrogens is 580 g/mol. The van der Waals surface area contributed by atoms with E-state index in [1.165, 1.54) is 51.7 Å². The first-order valence-corrected chi connectivity index (χ1v) is 16.3. The zero-order chi connectivity index (χ0) is 30.5. The molecule has 228 valence electrons. The van der Waals surface area contributed by atoms with Gasteiger partial charge < -0.3 is 14.8 Å². The number of carbonyl (C=O) groups is 1. The lowest BCUT2D eigenvalue weighted by molar-refractivity contribution is -0.00765. The third-order valence-corrected chi connectivity index (χ3v) is 10.6. The molecule has 4 fully saturated rings. The molecular formula is C32H34N6O5S. The number of hydrogen-bond acceptors (Lipinski definition) is 8. The van der Waals surface area contributed by atoms with Gasteiger partial charge in [0.25, 0.3) is 15.9 Å². The van der Waals surface area contributed by atoms with E-state index >= 15 is 0 Å².